The fourth-order valence-corrected chi connectivity index (χ4v) is 3.65. The van der Waals surface area contributed by atoms with Gasteiger partial charge in [-0.25, -0.2) is 13.1 Å². The van der Waals surface area contributed by atoms with Gasteiger partial charge in [-0.15, -0.1) is 11.3 Å². The van der Waals surface area contributed by atoms with Gasteiger partial charge in [0.15, 0.2) is 0 Å². The summed E-state index contributed by atoms with van der Waals surface area (Å²) >= 11 is 7.96. The first-order valence-electron chi connectivity index (χ1n) is 5.78. The molecule has 2 N–H and O–H groups in total. The molecular weight excluding hydrogens is 304 g/mol. The van der Waals surface area contributed by atoms with Gasteiger partial charge in [0, 0.05) is 34.6 Å². The Morgan fingerprint density at radius 3 is 2.68 bits per heavy atom. The molecule has 4 nitrogen and oxygen atoms in total. The molecule has 0 aliphatic carbocycles. The minimum Gasteiger partial charge on any atom is -0.310 e. The fraction of sp³-hybridized carbons (Fsp3) is 0.333. The van der Waals surface area contributed by atoms with E-state index in [9.17, 15) is 8.42 Å². The summed E-state index contributed by atoms with van der Waals surface area (Å²) in [5.41, 5.74) is 0. The van der Waals surface area contributed by atoms with Gasteiger partial charge in [-0.3, -0.25) is 0 Å². The first kappa shape index (κ1) is 14.7. The summed E-state index contributed by atoms with van der Waals surface area (Å²) in [6.45, 7) is 1.59. The van der Waals surface area contributed by atoms with E-state index in [0.717, 1.165) is 21.5 Å². The van der Waals surface area contributed by atoms with Crippen molar-refractivity contribution in [2.75, 3.05) is 19.3 Å². The van der Waals surface area contributed by atoms with Crippen LogP contribution in [0.4, 0.5) is 0 Å². The molecule has 0 aliphatic heterocycles. The van der Waals surface area contributed by atoms with Gasteiger partial charge >= 0.3 is 0 Å². The number of sulfonamides is 1. The lowest BCUT2D eigenvalue weighted by atomic mass is 10.2. The molecule has 19 heavy (non-hydrogen) atoms. The number of halogens is 1. The van der Waals surface area contributed by atoms with Crippen LogP contribution in [-0.4, -0.2) is 27.8 Å². The molecule has 0 amide bonds. The third kappa shape index (κ3) is 4.15. The first-order valence-corrected chi connectivity index (χ1v) is 8.87. The van der Waals surface area contributed by atoms with Crippen molar-refractivity contribution >= 4 is 43.0 Å². The lowest BCUT2D eigenvalue weighted by Gasteiger charge is -2.04. The van der Waals surface area contributed by atoms with Crippen LogP contribution in [0.2, 0.25) is 5.02 Å². The van der Waals surface area contributed by atoms with Crippen molar-refractivity contribution in [3.63, 3.8) is 0 Å². The molecule has 0 fully saturated rings. The standard InChI is InChI=1S/C12H15ClN2O2S2/c1-19(16,17)15-7-6-14-8-11-12(13)9-4-2-3-5-10(9)18-11/h2-5,14-15H,6-8H2,1H3. The predicted molar refractivity (Wildman–Crippen MR) is 81.4 cm³/mol. The maximum absolute atomic E-state index is 10.9. The first-order chi connectivity index (χ1) is 8.97. The van der Waals surface area contributed by atoms with Crippen molar-refractivity contribution in [3.05, 3.63) is 34.2 Å². The molecule has 2 rings (SSSR count). The van der Waals surface area contributed by atoms with Crippen molar-refractivity contribution in [3.8, 4) is 0 Å². The molecule has 0 spiro atoms. The Labute approximate surface area is 121 Å². The van der Waals surface area contributed by atoms with E-state index in [2.05, 4.69) is 10.0 Å². The summed E-state index contributed by atoms with van der Waals surface area (Å²) in [4.78, 5) is 1.07. The number of benzene rings is 1. The Morgan fingerprint density at radius 1 is 1.26 bits per heavy atom. The highest BCUT2D eigenvalue weighted by molar-refractivity contribution is 7.88. The quantitative estimate of drug-likeness (QED) is 0.803. The van der Waals surface area contributed by atoms with Gasteiger partial charge < -0.3 is 5.32 Å². The average Bonchev–Trinajstić information content (AvgIpc) is 2.65. The van der Waals surface area contributed by atoms with E-state index in [-0.39, 0.29) is 0 Å². The highest BCUT2D eigenvalue weighted by Crippen LogP contribution is 2.34. The third-order valence-electron chi connectivity index (χ3n) is 2.55. The number of hydrogen-bond acceptors (Lipinski definition) is 4. The van der Waals surface area contributed by atoms with Gasteiger partial charge in [-0.1, -0.05) is 29.8 Å². The molecule has 1 aromatic carbocycles. The van der Waals surface area contributed by atoms with Gasteiger partial charge in [0.2, 0.25) is 10.0 Å². The molecule has 0 bridgehead atoms. The van der Waals surface area contributed by atoms with E-state index in [1.54, 1.807) is 11.3 Å². The molecule has 1 heterocycles. The monoisotopic (exact) mass is 318 g/mol. The molecule has 0 unspecified atom stereocenters. The van der Waals surface area contributed by atoms with Crippen molar-refractivity contribution in [2.24, 2.45) is 0 Å². The second-order valence-electron chi connectivity index (χ2n) is 4.18. The SMILES string of the molecule is CS(=O)(=O)NCCNCc1sc2ccccc2c1Cl. The Hall–Kier alpha value is -0.660. The van der Waals surface area contributed by atoms with E-state index < -0.39 is 10.0 Å². The zero-order chi connectivity index (χ0) is 13.9. The molecule has 104 valence electrons. The van der Waals surface area contributed by atoms with Crippen LogP contribution in [-0.2, 0) is 16.6 Å². The molecule has 0 saturated carbocycles. The van der Waals surface area contributed by atoms with Crippen LogP contribution in [0.1, 0.15) is 4.88 Å². The number of rotatable bonds is 6. The molecule has 7 heteroatoms. The molecule has 2 aromatic rings. The molecule has 0 aliphatic rings. The Balaban J connectivity index is 1.90. The molecule has 1 aromatic heterocycles. The number of thiophene rings is 1. The summed E-state index contributed by atoms with van der Waals surface area (Å²) in [5.74, 6) is 0. The lowest BCUT2D eigenvalue weighted by molar-refractivity contribution is 0.582. The zero-order valence-corrected chi connectivity index (χ0v) is 12.8. The van der Waals surface area contributed by atoms with Gasteiger partial charge in [0.25, 0.3) is 0 Å². The lowest BCUT2D eigenvalue weighted by Crippen LogP contribution is -2.30. The maximum atomic E-state index is 10.9. The van der Waals surface area contributed by atoms with Crippen LogP contribution >= 0.6 is 22.9 Å². The van der Waals surface area contributed by atoms with E-state index in [0.29, 0.717) is 19.6 Å². The van der Waals surface area contributed by atoms with Crippen LogP contribution in [0.3, 0.4) is 0 Å². The second-order valence-corrected chi connectivity index (χ2v) is 7.53. The maximum Gasteiger partial charge on any atom is 0.208 e. The largest absolute Gasteiger partial charge is 0.310 e. The van der Waals surface area contributed by atoms with Gasteiger partial charge in [0.1, 0.15) is 0 Å². The van der Waals surface area contributed by atoms with Crippen LogP contribution in [0, 0.1) is 0 Å². The van der Waals surface area contributed by atoms with Crippen LogP contribution in [0.5, 0.6) is 0 Å². The van der Waals surface area contributed by atoms with Crippen molar-refractivity contribution in [1.82, 2.24) is 10.0 Å². The van der Waals surface area contributed by atoms with Crippen LogP contribution in [0.25, 0.3) is 10.1 Å². The highest BCUT2D eigenvalue weighted by Gasteiger charge is 2.09. The van der Waals surface area contributed by atoms with Crippen molar-refractivity contribution in [1.29, 1.82) is 0 Å². The highest BCUT2D eigenvalue weighted by atomic mass is 35.5. The van der Waals surface area contributed by atoms with Crippen LogP contribution in [0.15, 0.2) is 24.3 Å². The fourth-order valence-electron chi connectivity index (χ4n) is 1.71. The van der Waals surface area contributed by atoms with Gasteiger partial charge in [0.05, 0.1) is 11.3 Å². The average molecular weight is 319 g/mol. The second kappa shape index (κ2) is 6.19. The zero-order valence-electron chi connectivity index (χ0n) is 10.4. The van der Waals surface area contributed by atoms with Gasteiger partial charge in [-0.05, 0) is 6.07 Å². The van der Waals surface area contributed by atoms with Crippen molar-refractivity contribution < 1.29 is 8.42 Å². The Bertz CT molecular complexity index is 667. The minimum absolute atomic E-state index is 0.376. The van der Waals surface area contributed by atoms with Crippen molar-refractivity contribution in [2.45, 2.75) is 6.54 Å². The van der Waals surface area contributed by atoms with Crippen LogP contribution < -0.4 is 10.0 Å². The normalized spacial score (nSPS) is 12.1. The van der Waals surface area contributed by atoms with E-state index in [1.165, 1.54) is 4.70 Å². The summed E-state index contributed by atoms with van der Waals surface area (Å²) in [6.07, 6.45) is 1.15. The van der Waals surface area contributed by atoms with E-state index >= 15 is 0 Å². The molecular formula is C12H15ClN2O2S2. The molecule has 0 saturated heterocycles. The smallest absolute Gasteiger partial charge is 0.208 e. The number of hydrogen-bond donors (Lipinski definition) is 2. The molecule has 0 radical (unpaired) electrons. The number of nitrogens with one attached hydrogen (secondary N) is 2. The van der Waals surface area contributed by atoms with E-state index in [4.69, 9.17) is 11.6 Å². The number of fused-ring (bicyclic) bond motifs is 1. The summed E-state index contributed by atoms with van der Waals surface area (Å²) < 4.78 is 25.4. The molecule has 0 atom stereocenters. The van der Waals surface area contributed by atoms with Gasteiger partial charge in [-0.2, -0.15) is 0 Å². The summed E-state index contributed by atoms with van der Waals surface area (Å²) in [6, 6.07) is 8.00. The predicted octanol–water partition coefficient (Wildman–Crippen LogP) is 2.19. The topological polar surface area (TPSA) is 58.2 Å². The Kier molecular flexibility index (Phi) is 4.81. The minimum atomic E-state index is -3.11. The Morgan fingerprint density at radius 2 is 2.00 bits per heavy atom. The third-order valence-corrected chi connectivity index (χ3v) is 5.00. The summed E-state index contributed by atoms with van der Waals surface area (Å²) in [7, 11) is -3.11. The van der Waals surface area contributed by atoms with E-state index in [1.807, 2.05) is 24.3 Å². The summed E-state index contributed by atoms with van der Waals surface area (Å²) in [5, 5.41) is 5.03.